The number of methoxy groups -OCH3 is 1. The molecule has 2 rings (SSSR count). The molecular formula is C10H18ClNO2. The first kappa shape index (κ1) is 11.8. The van der Waals surface area contributed by atoms with Crippen molar-refractivity contribution in [3.63, 3.8) is 0 Å². The van der Waals surface area contributed by atoms with Gasteiger partial charge in [0.05, 0.1) is 13.0 Å². The van der Waals surface area contributed by atoms with Crippen LogP contribution in [0.2, 0.25) is 0 Å². The SMILES string of the molecule is COC(=O)C1CCNC2CCCC21.Cl. The lowest BCUT2D eigenvalue weighted by Gasteiger charge is -2.32. The Kier molecular flexibility index (Phi) is 4.20. The second-order valence-electron chi connectivity index (χ2n) is 4.07. The number of nitrogens with one attached hydrogen (secondary N) is 1. The molecule has 2 aliphatic rings. The molecule has 3 atom stereocenters. The van der Waals surface area contributed by atoms with Crippen molar-refractivity contribution in [2.45, 2.75) is 31.7 Å². The molecule has 0 amide bonds. The van der Waals surface area contributed by atoms with E-state index in [0.29, 0.717) is 12.0 Å². The van der Waals surface area contributed by atoms with E-state index in [0.717, 1.165) is 13.0 Å². The second kappa shape index (κ2) is 4.99. The van der Waals surface area contributed by atoms with Crippen molar-refractivity contribution in [2.75, 3.05) is 13.7 Å². The maximum Gasteiger partial charge on any atom is 0.309 e. The van der Waals surface area contributed by atoms with E-state index in [-0.39, 0.29) is 24.3 Å². The van der Waals surface area contributed by atoms with Crippen molar-refractivity contribution in [3.8, 4) is 0 Å². The zero-order valence-electron chi connectivity index (χ0n) is 8.49. The van der Waals surface area contributed by atoms with Gasteiger partial charge < -0.3 is 10.1 Å². The van der Waals surface area contributed by atoms with Crippen molar-refractivity contribution >= 4 is 18.4 Å². The van der Waals surface area contributed by atoms with Crippen molar-refractivity contribution in [1.82, 2.24) is 5.32 Å². The first-order valence-electron chi connectivity index (χ1n) is 5.14. The van der Waals surface area contributed by atoms with Crippen LogP contribution in [0.4, 0.5) is 0 Å². The van der Waals surface area contributed by atoms with Gasteiger partial charge in [-0.15, -0.1) is 12.4 Å². The van der Waals surface area contributed by atoms with Crippen LogP contribution < -0.4 is 5.32 Å². The number of ether oxygens (including phenoxy) is 1. The predicted octanol–water partition coefficient (Wildman–Crippen LogP) is 1.36. The number of hydrogen-bond donors (Lipinski definition) is 1. The highest BCUT2D eigenvalue weighted by Crippen LogP contribution is 2.36. The number of fused-ring (bicyclic) bond motifs is 1. The summed E-state index contributed by atoms with van der Waals surface area (Å²) in [6.07, 6.45) is 4.64. The summed E-state index contributed by atoms with van der Waals surface area (Å²) in [5, 5.41) is 3.48. The molecule has 1 aliphatic carbocycles. The Morgan fingerprint density at radius 2 is 2.14 bits per heavy atom. The predicted molar refractivity (Wildman–Crippen MR) is 56.5 cm³/mol. The zero-order chi connectivity index (χ0) is 9.26. The van der Waals surface area contributed by atoms with Gasteiger partial charge in [0.1, 0.15) is 0 Å². The fourth-order valence-corrected chi connectivity index (χ4v) is 2.81. The highest BCUT2D eigenvalue weighted by atomic mass is 35.5. The maximum atomic E-state index is 11.5. The molecule has 82 valence electrons. The van der Waals surface area contributed by atoms with Gasteiger partial charge in [-0.2, -0.15) is 0 Å². The summed E-state index contributed by atoms with van der Waals surface area (Å²) in [7, 11) is 1.49. The Hall–Kier alpha value is -0.280. The van der Waals surface area contributed by atoms with Crippen LogP contribution in [0.1, 0.15) is 25.7 Å². The lowest BCUT2D eigenvalue weighted by Crippen LogP contribution is -2.45. The molecule has 2 fully saturated rings. The lowest BCUT2D eigenvalue weighted by molar-refractivity contribution is -0.148. The molecule has 1 heterocycles. The van der Waals surface area contributed by atoms with Crippen LogP contribution in [0.15, 0.2) is 0 Å². The molecule has 0 aromatic heterocycles. The molecule has 0 radical (unpaired) electrons. The zero-order valence-corrected chi connectivity index (χ0v) is 9.31. The number of hydrogen-bond acceptors (Lipinski definition) is 3. The Balaban J connectivity index is 0.000000980. The fraction of sp³-hybridized carbons (Fsp3) is 0.900. The Bertz CT molecular complexity index is 210. The highest BCUT2D eigenvalue weighted by molar-refractivity contribution is 5.85. The number of carbonyl (C=O) groups excluding carboxylic acids is 1. The topological polar surface area (TPSA) is 38.3 Å². The van der Waals surface area contributed by atoms with Gasteiger partial charge in [0.2, 0.25) is 0 Å². The number of esters is 1. The monoisotopic (exact) mass is 219 g/mol. The van der Waals surface area contributed by atoms with E-state index in [1.807, 2.05) is 0 Å². The molecule has 0 aromatic rings. The molecule has 3 nitrogen and oxygen atoms in total. The molecule has 1 saturated carbocycles. The van der Waals surface area contributed by atoms with Gasteiger partial charge in [-0.25, -0.2) is 0 Å². The largest absolute Gasteiger partial charge is 0.469 e. The molecule has 1 aliphatic heterocycles. The van der Waals surface area contributed by atoms with E-state index in [1.54, 1.807) is 0 Å². The van der Waals surface area contributed by atoms with Gasteiger partial charge in [0, 0.05) is 6.04 Å². The van der Waals surface area contributed by atoms with Gasteiger partial charge in [0.15, 0.2) is 0 Å². The maximum absolute atomic E-state index is 11.5. The van der Waals surface area contributed by atoms with Gasteiger partial charge in [-0.3, -0.25) is 4.79 Å². The third kappa shape index (κ3) is 2.04. The van der Waals surface area contributed by atoms with Gasteiger partial charge in [0.25, 0.3) is 0 Å². The highest BCUT2D eigenvalue weighted by Gasteiger charge is 2.40. The smallest absolute Gasteiger partial charge is 0.309 e. The normalized spacial score (nSPS) is 35.6. The van der Waals surface area contributed by atoms with E-state index in [4.69, 9.17) is 4.74 Å². The van der Waals surface area contributed by atoms with E-state index in [1.165, 1.54) is 26.4 Å². The number of rotatable bonds is 1. The summed E-state index contributed by atoms with van der Waals surface area (Å²) in [5.41, 5.74) is 0. The third-order valence-electron chi connectivity index (χ3n) is 3.45. The fourth-order valence-electron chi connectivity index (χ4n) is 2.81. The van der Waals surface area contributed by atoms with E-state index in [2.05, 4.69) is 5.32 Å². The molecule has 0 spiro atoms. The lowest BCUT2D eigenvalue weighted by atomic mass is 9.82. The first-order valence-corrected chi connectivity index (χ1v) is 5.14. The minimum Gasteiger partial charge on any atom is -0.469 e. The Labute approximate surface area is 91.0 Å². The summed E-state index contributed by atoms with van der Waals surface area (Å²) in [5.74, 6) is 0.707. The molecule has 0 aromatic carbocycles. The van der Waals surface area contributed by atoms with E-state index in [9.17, 15) is 4.79 Å². The molecular weight excluding hydrogens is 202 g/mol. The molecule has 0 bridgehead atoms. The number of carbonyl (C=O) groups is 1. The summed E-state index contributed by atoms with van der Waals surface area (Å²) < 4.78 is 4.83. The molecule has 1 saturated heterocycles. The van der Waals surface area contributed by atoms with Crippen molar-refractivity contribution in [3.05, 3.63) is 0 Å². The molecule has 3 unspecified atom stereocenters. The van der Waals surface area contributed by atoms with Crippen molar-refractivity contribution < 1.29 is 9.53 Å². The van der Waals surface area contributed by atoms with Crippen molar-refractivity contribution in [1.29, 1.82) is 0 Å². The van der Waals surface area contributed by atoms with Crippen LogP contribution in [-0.2, 0) is 9.53 Å². The quantitative estimate of drug-likeness (QED) is 0.677. The minimum absolute atomic E-state index is 0. The molecule has 14 heavy (non-hydrogen) atoms. The summed E-state index contributed by atoms with van der Waals surface area (Å²) in [4.78, 5) is 11.5. The van der Waals surface area contributed by atoms with Crippen molar-refractivity contribution in [2.24, 2.45) is 11.8 Å². The number of piperidine rings is 1. The van der Waals surface area contributed by atoms with Crippen LogP contribution >= 0.6 is 12.4 Å². The van der Waals surface area contributed by atoms with Crippen LogP contribution in [0.5, 0.6) is 0 Å². The second-order valence-corrected chi connectivity index (χ2v) is 4.07. The van der Waals surface area contributed by atoms with Gasteiger partial charge >= 0.3 is 5.97 Å². The molecule has 1 N–H and O–H groups in total. The summed E-state index contributed by atoms with van der Waals surface area (Å²) in [6.45, 7) is 0.973. The Morgan fingerprint density at radius 1 is 1.36 bits per heavy atom. The van der Waals surface area contributed by atoms with Crippen LogP contribution in [-0.4, -0.2) is 25.7 Å². The summed E-state index contributed by atoms with van der Waals surface area (Å²) >= 11 is 0. The standard InChI is InChI=1S/C10H17NO2.ClH/c1-13-10(12)8-5-6-11-9-4-2-3-7(8)9;/h7-9,11H,2-6H2,1H3;1H. The summed E-state index contributed by atoms with van der Waals surface area (Å²) in [6, 6.07) is 0.581. The Morgan fingerprint density at radius 3 is 2.86 bits per heavy atom. The minimum atomic E-state index is -0.00148. The molecule has 4 heteroatoms. The first-order chi connectivity index (χ1) is 6.33. The van der Waals surface area contributed by atoms with Gasteiger partial charge in [-0.05, 0) is 31.7 Å². The van der Waals surface area contributed by atoms with E-state index >= 15 is 0 Å². The average Bonchev–Trinajstić information content (AvgIpc) is 2.63. The van der Waals surface area contributed by atoms with Gasteiger partial charge in [-0.1, -0.05) is 6.42 Å². The van der Waals surface area contributed by atoms with Crippen LogP contribution in [0.3, 0.4) is 0 Å². The third-order valence-corrected chi connectivity index (χ3v) is 3.45. The average molecular weight is 220 g/mol. The number of halogens is 1. The van der Waals surface area contributed by atoms with Crippen LogP contribution in [0.25, 0.3) is 0 Å². The van der Waals surface area contributed by atoms with Crippen LogP contribution in [0, 0.1) is 11.8 Å². The van der Waals surface area contributed by atoms with E-state index < -0.39 is 0 Å².